The van der Waals surface area contributed by atoms with Crippen molar-refractivity contribution in [2.24, 2.45) is 5.92 Å². The van der Waals surface area contributed by atoms with Crippen molar-refractivity contribution in [2.75, 3.05) is 68.0 Å². The molecule has 0 aliphatic carbocycles. The van der Waals surface area contributed by atoms with E-state index in [1.807, 2.05) is 12.1 Å². The summed E-state index contributed by atoms with van der Waals surface area (Å²) < 4.78 is 40.4. The molecule has 0 aromatic heterocycles. The molecular weight excluding hydrogens is 542 g/mol. The molecule has 41 heavy (non-hydrogen) atoms. The lowest BCUT2D eigenvalue weighted by Gasteiger charge is -2.36. The maximum atomic E-state index is 14.2. The van der Waals surface area contributed by atoms with Crippen LogP contribution in [-0.4, -0.2) is 78.4 Å². The molecular formula is C32H36F2N4O2S. The molecule has 0 spiro atoms. The number of nitrogens with zero attached hydrogens (tertiary/aromatic N) is 4. The largest absolute Gasteiger partial charge is 0.610 e. The molecule has 3 aliphatic rings. The Morgan fingerprint density at radius 1 is 0.829 bits per heavy atom. The SMILES string of the molecule is O=C(c1ccc(F)cc1)C1CCN(CCN2C[S+]([O-])c3cc(CN4CCN(c5ccccc5F)CC4)ccc32)CC1. The number of anilines is 2. The lowest BCUT2D eigenvalue weighted by molar-refractivity contribution is 0.0842. The predicted molar refractivity (Wildman–Crippen MR) is 159 cm³/mol. The lowest BCUT2D eigenvalue weighted by Crippen LogP contribution is -2.46. The maximum absolute atomic E-state index is 14.2. The van der Waals surface area contributed by atoms with Gasteiger partial charge in [-0.3, -0.25) is 9.69 Å². The number of Topliss-reactive ketones (excluding diaryl/α,β-unsaturated/α-hetero) is 1. The second kappa shape index (κ2) is 12.5. The van der Waals surface area contributed by atoms with Crippen molar-refractivity contribution >= 4 is 28.3 Å². The Morgan fingerprint density at radius 3 is 2.29 bits per heavy atom. The minimum absolute atomic E-state index is 0.0161. The fourth-order valence-electron chi connectivity index (χ4n) is 6.21. The number of piperidine rings is 1. The third-order valence-corrected chi connectivity index (χ3v) is 9.99. The number of piperazine rings is 1. The van der Waals surface area contributed by atoms with Crippen LogP contribution in [0.25, 0.3) is 0 Å². The molecule has 0 bridgehead atoms. The Morgan fingerprint density at radius 2 is 1.56 bits per heavy atom. The van der Waals surface area contributed by atoms with E-state index in [1.165, 1.54) is 18.2 Å². The predicted octanol–water partition coefficient (Wildman–Crippen LogP) is 4.77. The number of rotatable bonds is 8. The lowest BCUT2D eigenvalue weighted by atomic mass is 9.89. The van der Waals surface area contributed by atoms with Gasteiger partial charge in [-0.2, -0.15) is 0 Å². The van der Waals surface area contributed by atoms with Gasteiger partial charge in [0.05, 0.1) is 11.4 Å². The third-order valence-electron chi connectivity index (χ3n) is 8.63. The molecule has 1 atom stereocenters. The molecule has 0 saturated carbocycles. The van der Waals surface area contributed by atoms with Crippen LogP contribution in [-0.2, 0) is 17.7 Å². The summed E-state index contributed by atoms with van der Waals surface area (Å²) in [5.74, 6) is 0.106. The van der Waals surface area contributed by atoms with Crippen molar-refractivity contribution in [2.45, 2.75) is 24.3 Å². The standard InChI is InChI=1S/C32H36F2N4O2S/c33-27-8-6-25(7-9-27)32(39)26-11-13-35(14-12-26)15-20-38-23-41(40)31-21-24(5-10-30(31)38)22-36-16-18-37(19-17-36)29-4-2-1-3-28(29)34/h1-10,21,26H,11-20,22-23H2. The summed E-state index contributed by atoms with van der Waals surface area (Å²) in [5.41, 5.74) is 3.47. The van der Waals surface area contributed by atoms with Crippen molar-refractivity contribution in [3.63, 3.8) is 0 Å². The first-order chi connectivity index (χ1) is 19.9. The van der Waals surface area contributed by atoms with E-state index in [1.54, 1.807) is 18.2 Å². The van der Waals surface area contributed by atoms with E-state index in [-0.39, 0.29) is 23.3 Å². The second-order valence-corrected chi connectivity index (χ2v) is 12.6. The Bertz CT molecular complexity index is 1360. The Hall–Kier alpha value is -2.98. The first-order valence-corrected chi connectivity index (χ1v) is 15.8. The van der Waals surface area contributed by atoms with Gasteiger partial charge in [-0.15, -0.1) is 0 Å². The summed E-state index contributed by atoms with van der Waals surface area (Å²) in [6, 6.07) is 19.1. The van der Waals surface area contributed by atoms with Gasteiger partial charge < -0.3 is 19.3 Å². The highest BCUT2D eigenvalue weighted by molar-refractivity contribution is 7.92. The Kier molecular flexibility index (Phi) is 8.57. The van der Waals surface area contributed by atoms with E-state index in [2.05, 4.69) is 37.8 Å². The number of para-hydroxylation sites is 1. The Balaban J connectivity index is 0.981. The molecule has 2 saturated heterocycles. The van der Waals surface area contributed by atoms with Gasteiger partial charge in [0.1, 0.15) is 11.6 Å². The molecule has 3 aliphatic heterocycles. The van der Waals surface area contributed by atoms with Crippen LogP contribution in [0.15, 0.2) is 71.6 Å². The number of fused-ring (bicyclic) bond motifs is 1. The van der Waals surface area contributed by atoms with E-state index < -0.39 is 11.2 Å². The molecule has 0 amide bonds. The number of benzene rings is 3. The Labute approximate surface area is 243 Å². The number of carbonyl (C=O) groups is 1. The molecule has 3 aromatic rings. The van der Waals surface area contributed by atoms with Crippen LogP contribution in [0.2, 0.25) is 0 Å². The highest BCUT2D eigenvalue weighted by Crippen LogP contribution is 2.35. The van der Waals surface area contributed by atoms with Crippen LogP contribution in [0.1, 0.15) is 28.8 Å². The third kappa shape index (κ3) is 6.43. The van der Waals surface area contributed by atoms with Crippen LogP contribution in [0, 0.1) is 17.6 Å². The average molecular weight is 579 g/mol. The van der Waals surface area contributed by atoms with Gasteiger partial charge in [-0.05, 0) is 80.0 Å². The molecule has 2 fully saturated rings. The molecule has 6 nitrogen and oxygen atoms in total. The summed E-state index contributed by atoms with van der Waals surface area (Å²) in [4.78, 5) is 22.8. The summed E-state index contributed by atoms with van der Waals surface area (Å²) in [7, 11) is 0. The zero-order valence-electron chi connectivity index (χ0n) is 23.2. The highest BCUT2D eigenvalue weighted by Gasteiger charge is 2.33. The summed E-state index contributed by atoms with van der Waals surface area (Å²) in [6.45, 7) is 7.43. The molecule has 9 heteroatoms. The van der Waals surface area contributed by atoms with E-state index >= 15 is 0 Å². The van der Waals surface area contributed by atoms with Gasteiger partial charge in [-0.25, -0.2) is 8.78 Å². The first-order valence-electron chi connectivity index (χ1n) is 14.4. The number of carbonyl (C=O) groups excluding carboxylic acids is 1. The van der Waals surface area contributed by atoms with Crippen LogP contribution in [0.3, 0.4) is 0 Å². The fraction of sp³-hybridized carbons (Fsp3) is 0.406. The molecule has 0 radical (unpaired) electrons. The average Bonchev–Trinajstić information content (AvgIpc) is 3.31. The smallest absolute Gasteiger partial charge is 0.184 e. The first kappa shape index (κ1) is 28.2. The zero-order valence-corrected chi connectivity index (χ0v) is 24.0. The molecule has 3 heterocycles. The van der Waals surface area contributed by atoms with Crippen molar-refractivity contribution < 1.29 is 18.1 Å². The minimum Gasteiger partial charge on any atom is -0.610 e. The van der Waals surface area contributed by atoms with Gasteiger partial charge >= 0.3 is 0 Å². The van der Waals surface area contributed by atoms with Crippen molar-refractivity contribution in [1.82, 2.24) is 9.80 Å². The highest BCUT2D eigenvalue weighted by atomic mass is 32.2. The monoisotopic (exact) mass is 578 g/mol. The van der Waals surface area contributed by atoms with E-state index in [4.69, 9.17) is 0 Å². The zero-order chi connectivity index (χ0) is 28.3. The van der Waals surface area contributed by atoms with Gasteiger partial charge in [0.25, 0.3) is 0 Å². The number of hydrogen-bond acceptors (Lipinski definition) is 6. The van der Waals surface area contributed by atoms with E-state index in [9.17, 15) is 18.1 Å². The topological polar surface area (TPSA) is 53.1 Å². The summed E-state index contributed by atoms with van der Waals surface area (Å²) >= 11 is -1.05. The maximum Gasteiger partial charge on any atom is 0.184 e. The van der Waals surface area contributed by atoms with Gasteiger partial charge in [0.15, 0.2) is 16.6 Å². The molecule has 216 valence electrons. The summed E-state index contributed by atoms with van der Waals surface area (Å²) in [6.07, 6.45) is 1.60. The fourth-order valence-corrected chi connectivity index (χ4v) is 7.61. The molecule has 1 unspecified atom stereocenters. The van der Waals surface area contributed by atoms with Crippen molar-refractivity contribution in [3.8, 4) is 0 Å². The summed E-state index contributed by atoms with van der Waals surface area (Å²) in [5, 5.41) is 0. The molecule has 3 aromatic carbocycles. The van der Waals surface area contributed by atoms with Crippen molar-refractivity contribution in [1.29, 1.82) is 0 Å². The number of likely N-dealkylation sites (tertiary alicyclic amines) is 1. The number of ketones is 1. The molecule has 0 N–H and O–H groups in total. The van der Waals surface area contributed by atoms with Crippen LogP contribution in [0.4, 0.5) is 20.2 Å². The van der Waals surface area contributed by atoms with Gasteiger partial charge in [-0.1, -0.05) is 18.2 Å². The molecule has 6 rings (SSSR count). The second-order valence-electron chi connectivity index (χ2n) is 11.2. The van der Waals surface area contributed by atoms with Crippen molar-refractivity contribution in [3.05, 3.63) is 89.5 Å². The van der Waals surface area contributed by atoms with Crippen LogP contribution in [0.5, 0.6) is 0 Å². The van der Waals surface area contributed by atoms with Crippen LogP contribution < -0.4 is 9.80 Å². The van der Waals surface area contributed by atoms with Gasteiger partial charge in [0.2, 0.25) is 0 Å². The van der Waals surface area contributed by atoms with Gasteiger partial charge in [0, 0.05) is 68.5 Å². The number of halogens is 2. The number of hydrogen-bond donors (Lipinski definition) is 0. The normalized spacial score (nSPS) is 20.4. The quantitative estimate of drug-likeness (QED) is 0.284. The van der Waals surface area contributed by atoms with E-state index in [0.29, 0.717) is 17.1 Å². The van der Waals surface area contributed by atoms with E-state index in [0.717, 1.165) is 87.9 Å². The van der Waals surface area contributed by atoms with Crippen LogP contribution >= 0.6 is 0 Å². The minimum atomic E-state index is -1.05.